The molecule has 0 spiro atoms. The molecule has 0 aromatic heterocycles. The first-order chi connectivity index (χ1) is 9.14. The van der Waals surface area contributed by atoms with Crippen LogP contribution in [0.5, 0.6) is 0 Å². The van der Waals surface area contributed by atoms with E-state index in [-0.39, 0.29) is 6.61 Å². The molecule has 1 aromatic rings. The Morgan fingerprint density at radius 3 is 2.47 bits per heavy atom. The molecular formula is C16H24O3. The van der Waals surface area contributed by atoms with Gasteiger partial charge in [-0.3, -0.25) is 4.79 Å². The zero-order valence-corrected chi connectivity index (χ0v) is 11.9. The third kappa shape index (κ3) is 4.67. The average molecular weight is 264 g/mol. The van der Waals surface area contributed by atoms with E-state index in [0.29, 0.717) is 19.4 Å². The second kappa shape index (κ2) is 7.95. The summed E-state index contributed by atoms with van der Waals surface area (Å²) in [6.07, 6.45) is 3.23. The highest BCUT2D eigenvalue weighted by Gasteiger charge is 2.36. The van der Waals surface area contributed by atoms with Crippen LogP contribution in [0.15, 0.2) is 30.3 Å². The number of aliphatic carboxylic acids is 1. The Morgan fingerprint density at radius 2 is 1.95 bits per heavy atom. The number of rotatable bonds is 9. The van der Waals surface area contributed by atoms with Gasteiger partial charge >= 0.3 is 5.97 Å². The zero-order valence-electron chi connectivity index (χ0n) is 11.9. The van der Waals surface area contributed by atoms with Crippen molar-refractivity contribution in [2.75, 3.05) is 6.61 Å². The largest absolute Gasteiger partial charge is 0.481 e. The van der Waals surface area contributed by atoms with Crippen molar-refractivity contribution in [1.29, 1.82) is 0 Å². The van der Waals surface area contributed by atoms with E-state index >= 15 is 0 Å². The van der Waals surface area contributed by atoms with Crippen LogP contribution in [0.3, 0.4) is 0 Å². The highest BCUT2D eigenvalue weighted by molar-refractivity contribution is 5.74. The number of hydrogen-bond donors (Lipinski definition) is 1. The molecule has 1 unspecified atom stereocenters. The van der Waals surface area contributed by atoms with Crippen LogP contribution < -0.4 is 0 Å². The fourth-order valence-corrected chi connectivity index (χ4v) is 2.12. The summed E-state index contributed by atoms with van der Waals surface area (Å²) in [5.41, 5.74) is 0.346. The van der Waals surface area contributed by atoms with Gasteiger partial charge in [0.25, 0.3) is 0 Å². The molecule has 0 fully saturated rings. The Bertz CT molecular complexity index is 375. The summed E-state index contributed by atoms with van der Waals surface area (Å²) >= 11 is 0. The molecule has 0 saturated carbocycles. The molecule has 19 heavy (non-hydrogen) atoms. The molecule has 0 saturated heterocycles. The van der Waals surface area contributed by atoms with Gasteiger partial charge in [-0.25, -0.2) is 0 Å². The van der Waals surface area contributed by atoms with Gasteiger partial charge < -0.3 is 9.84 Å². The van der Waals surface area contributed by atoms with Gasteiger partial charge in [-0.05, 0) is 18.4 Å². The maximum atomic E-state index is 11.5. The van der Waals surface area contributed by atoms with Crippen molar-refractivity contribution in [3.8, 4) is 0 Å². The van der Waals surface area contributed by atoms with Gasteiger partial charge in [-0.15, -0.1) is 0 Å². The van der Waals surface area contributed by atoms with E-state index in [4.69, 9.17) is 4.74 Å². The summed E-state index contributed by atoms with van der Waals surface area (Å²) in [6.45, 7) is 4.76. The molecule has 0 aliphatic heterocycles. The lowest BCUT2D eigenvalue weighted by molar-refractivity contribution is -0.154. The molecular weight excluding hydrogens is 240 g/mol. The Labute approximate surface area is 115 Å². The molecule has 106 valence electrons. The smallest absolute Gasteiger partial charge is 0.311 e. The number of hydrogen-bond acceptors (Lipinski definition) is 2. The van der Waals surface area contributed by atoms with Crippen molar-refractivity contribution in [1.82, 2.24) is 0 Å². The van der Waals surface area contributed by atoms with Gasteiger partial charge in [0.15, 0.2) is 0 Å². The number of unbranched alkanes of at least 4 members (excludes halogenated alkanes) is 1. The SMILES string of the molecule is CCCCC(CC)(COCc1ccccc1)C(=O)O. The minimum absolute atomic E-state index is 0.285. The average Bonchev–Trinajstić information content (AvgIpc) is 2.43. The van der Waals surface area contributed by atoms with E-state index in [9.17, 15) is 9.90 Å². The molecule has 3 heteroatoms. The summed E-state index contributed by atoms with van der Waals surface area (Å²) < 4.78 is 5.65. The van der Waals surface area contributed by atoms with E-state index in [2.05, 4.69) is 6.92 Å². The van der Waals surface area contributed by atoms with Crippen LogP contribution in [-0.4, -0.2) is 17.7 Å². The molecule has 1 aromatic carbocycles. The maximum Gasteiger partial charge on any atom is 0.311 e. The molecule has 0 bridgehead atoms. The minimum Gasteiger partial charge on any atom is -0.481 e. The molecule has 1 rings (SSSR count). The molecule has 0 radical (unpaired) electrons. The Kier molecular flexibility index (Phi) is 6.57. The predicted molar refractivity (Wildman–Crippen MR) is 76.0 cm³/mol. The van der Waals surface area contributed by atoms with Gasteiger partial charge in [0.1, 0.15) is 0 Å². The molecule has 1 atom stereocenters. The van der Waals surface area contributed by atoms with E-state index in [1.807, 2.05) is 37.3 Å². The van der Waals surface area contributed by atoms with E-state index < -0.39 is 11.4 Å². The quantitative estimate of drug-likeness (QED) is 0.736. The molecule has 0 aliphatic carbocycles. The first-order valence-corrected chi connectivity index (χ1v) is 6.99. The molecule has 1 N–H and O–H groups in total. The predicted octanol–water partition coefficient (Wildman–Crippen LogP) is 3.87. The minimum atomic E-state index is -0.739. The number of carbonyl (C=O) groups is 1. The Morgan fingerprint density at radius 1 is 1.26 bits per heavy atom. The van der Waals surface area contributed by atoms with E-state index in [1.54, 1.807) is 0 Å². The van der Waals surface area contributed by atoms with Crippen LogP contribution >= 0.6 is 0 Å². The van der Waals surface area contributed by atoms with Gasteiger partial charge in [0.05, 0.1) is 18.6 Å². The first-order valence-electron chi connectivity index (χ1n) is 6.99. The van der Waals surface area contributed by atoms with Crippen LogP contribution in [0.4, 0.5) is 0 Å². The third-order valence-corrected chi connectivity index (χ3v) is 3.63. The lowest BCUT2D eigenvalue weighted by Crippen LogP contribution is -2.35. The normalized spacial score (nSPS) is 14.0. The molecule has 0 amide bonds. The monoisotopic (exact) mass is 264 g/mol. The first kappa shape index (κ1) is 15.7. The number of ether oxygens (including phenoxy) is 1. The molecule has 0 aliphatic rings. The summed E-state index contributed by atoms with van der Waals surface area (Å²) in [4.78, 5) is 11.5. The Hall–Kier alpha value is -1.35. The van der Waals surface area contributed by atoms with Crippen molar-refractivity contribution < 1.29 is 14.6 Å². The molecule has 0 heterocycles. The second-order valence-electron chi connectivity index (χ2n) is 5.02. The molecule has 3 nitrogen and oxygen atoms in total. The topological polar surface area (TPSA) is 46.5 Å². The van der Waals surface area contributed by atoms with Crippen LogP contribution in [0.2, 0.25) is 0 Å². The van der Waals surface area contributed by atoms with Crippen LogP contribution in [-0.2, 0) is 16.1 Å². The van der Waals surface area contributed by atoms with Gasteiger partial charge in [-0.2, -0.15) is 0 Å². The van der Waals surface area contributed by atoms with Gasteiger partial charge in [-0.1, -0.05) is 57.0 Å². The second-order valence-corrected chi connectivity index (χ2v) is 5.02. The lowest BCUT2D eigenvalue weighted by atomic mass is 9.81. The zero-order chi connectivity index (χ0) is 14.1. The highest BCUT2D eigenvalue weighted by atomic mass is 16.5. The van der Waals surface area contributed by atoms with Gasteiger partial charge in [0, 0.05) is 0 Å². The van der Waals surface area contributed by atoms with E-state index in [1.165, 1.54) is 0 Å². The summed E-state index contributed by atoms with van der Waals surface area (Å²) in [7, 11) is 0. The van der Waals surface area contributed by atoms with Crippen molar-refractivity contribution in [2.45, 2.75) is 46.1 Å². The van der Waals surface area contributed by atoms with Crippen molar-refractivity contribution in [3.05, 3.63) is 35.9 Å². The fraction of sp³-hybridized carbons (Fsp3) is 0.562. The van der Waals surface area contributed by atoms with Crippen LogP contribution in [0, 0.1) is 5.41 Å². The standard InChI is InChI=1S/C16H24O3/c1-3-5-11-16(4-2,15(17)18)13-19-12-14-9-7-6-8-10-14/h6-10H,3-5,11-13H2,1-2H3,(H,17,18). The van der Waals surface area contributed by atoms with Crippen LogP contribution in [0.25, 0.3) is 0 Å². The Balaban J connectivity index is 2.55. The van der Waals surface area contributed by atoms with Crippen LogP contribution in [0.1, 0.15) is 45.1 Å². The highest BCUT2D eigenvalue weighted by Crippen LogP contribution is 2.30. The summed E-state index contributed by atoms with van der Waals surface area (Å²) in [5, 5.41) is 9.47. The third-order valence-electron chi connectivity index (χ3n) is 3.63. The fourth-order valence-electron chi connectivity index (χ4n) is 2.12. The lowest BCUT2D eigenvalue weighted by Gasteiger charge is -2.27. The number of carboxylic acid groups (broad SMARTS) is 1. The number of carboxylic acids is 1. The summed E-state index contributed by atoms with van der Waals surface area (Å²) in [6, 6.07) is 9.85. The van der Waals surface area contributed by atoms with Crippen molar-refractivity contribution in [2.24, 2.45) is 5.41 Å². The van der Waals surface area contributed by atoms with Crippen molar-refractivity contribution >= 4 is 5.97 Å². The van der Waals surface area contributed by atoms with Crippen molar-refractivity contribution in [3.63, 3.8) is 0 Å². The maximum absolute atomic E-state index is 11.5. The number of benzene rings is 1. The van der Waals surface area contributed by atoms with Gasteiger partial charge in [0.2, 0.25) is 0 Å². The van der Waals surface area contributed by atoms with E-state index in [0.717, 1.165) is 18.4 Å². The summed E-state index contributed by atoms with van der Waals surface area (Å²) in [5.74, 6) is -0.739.